The SMILES string of the molecule is CCN(CC)S(=O)(=O)c1ccc(=O)n(CCOc2cccc(C)c2)c1. The van der Waals surface area contributed by atoms with Crippen molar-refractivity contribution in [1.82, 2.24) is 8.87 Å². The summed E-state index contributed by atoms with van der Waals surface area (Å²) in [6.45, 7) is 6.85. The molecule has 0 saturated heterocycles. The van der Waals surface area contributed by atoms with Gasteiger partial charge in [0, 0.05) is 25.4 Å². The Kier molecular flexibility index (Phi) is 6.39. The Morgan fingerprint density at radius 2 is 1.84 bits per heavy atom. The highest BCUT2D eigenvalue weighted by Gasteiger charge is 2.22. The molecule has 1 heterocycles. The maximum Gasteiger partial charge on any atom is 0.250 e. The Morgan fingerprint density at radius 1 is 1.12 bits per heavy atom. The zero-order valence-electron chi connectivity index (χ0n) is 14.8. The lowest BCUT2D eigenvalue weighted by atomic mass is 10.2. The van der Waals surface area contributed by atoms with Gasteiger partial charge in [0.2, 0.25) is 10.0 Å². The van der Waals surface area contributed by atoms with Gasteiger partial charge in [-0.1, -0.05) is 26.0 Å². The molecule has 0 saturated carbocycles. The zero-order valence-corrected chi connectivity index (χ0v) is 15.6. The molecule has 0 unspecified atom stereocenters. The Bertz CT molecular complexity index is 871. The number of ether oxygens (including phenoxy) is 1. The average Bonchev–Trinajstić information content (AvgIpc) is 2.57. The van der Waals surface area contributed by atoms with Crippen LogP contribution in [0, 0.1) is 6.92 Å². The molecule has 0 atom stereocenters. The lowest BCUT2D eigenvalue weighted by Crippen LogP contribution is -2.32. The van der Waals surface area contributed by atoms with Crippen LogP contribution in [0.1, 0.15) is 19.4 Å². The summed E-state index contributed by atoms with van der Waals surface area (Å²) >= 11 is 0. The molecule has 1 aromatic heterocycles. The van der Waals surface area contributed by atoms with Crippen molar-refractivity contribution < 1.29 is 13.2 Å². The van der Waals surface area contributed by atoms with Crippen molar-refractivity contribution in [1.29, 1.82) is 0 Å². The Labute approximate surface area is 148 Å². The highest BCUT2D eigenvalue weighted by atomic mass is 32.2. The maximum absolute atomic E-state index is 12.6. The standard InChI is InChI=1S/C18H24N2O4S/c1-4-20(5-2)25(22,23)17-9-10-18(21)19(14-17)11-12-24-16-8-6-7-15(3)13-16/h6-10,13-14H,4-5,11-12H2,1-3H3. The first-order valence-electron chi connectivity index (χ1n) is 8.28. The minimum absolute atomic E-state index is 0.117. The van der Waals surface area contributed by atoms with Gasteiger partial charge in [0.25, 0.3) is 5.56 Å². The number of aryl methyl sites for hydroxylation is 1. The lowest BCUT2D eigenvalue weighted by molar-refractivity contribution is 0.295. The average molecular weight is 364 g/mol. The van der Waals surface area contributed by atoms with Gasteiger partial charge in [-0.05, 0) is 30.7 Å². The molecule has 0 bridgehead atoms. The maximum atomic E-state index is 12.6. The van der Waals surface area contributed by atoms with Crippen LogP contribution in [0.5, 0.6) is 5.75 Å². The molecule has 2 aromatic rings. The second kappa shape index (κ2) is 8.31. The number of nitrogens with zero attached hydrogens (tertiary/aromatic N) is 2. The van der Waals surface area contributed by atoms with Crippen LogP contribution in [0.2, 0.25) is 0 Å². The summed E-state index contributed by atoms with van der Waals surface area (Å²) in [5, 5.41) is 0. The van der Waals surface area contributed by atoms with E-state index in [-0.39, 0.29) is 23.6 Å². The van der Waals surface area contributed by atoms with Gasteiger partial charge in [0.05, 0.1) is 11.4 Å². The van der Waals surface area contributed by atoms with Gasteiger partial charge in [-0.15, -0.1) is 0 Å². The quantitative estimate of drug-likeness (QED) is 0.721. The topological polar surface area (TPSA) is 68.6 Å². The van der Waals surface area contributed by atoms with E-state index in [1.54, 1.807) is 13.8 Å². The summed E-state index contributed by atoms with van der Waals surface area (Å²) in [5.74, 6) is 0.722. The number of benzene rings is 1. The van der Waals surface area contributed by atoms with E-state index in [4.69, 9.17) is 4.74 Å². The van der Waals surface area contributed by atoms with Crippen molar-refractivity contribution in [2.24, 2.45) is 0 Å². The van der Waals surface area contributed by atoms with E-state index in [9.17, 15) is 13.2 Å². The third kappa shape index (κ3) is 4.70. The van der Waals surface area contributed by atoms with Crippen molar-refractivity contribution in [2.45, 2.75) is 32.2 Å². The number of aromatic nitrogens is 1. The first-order valence-corrected chi connectivity index (χ1v) is 9.72. The van der Waals surface area contributed by atoms with Gasteiger partial charge in [-0.3, -0.25) is 4.79 Å². The Morgan fingerprint density at radius 3 is 2.48 bits per heavy atom. The van der Waals surface area contributed by atoms with Crippen molar-refractivity contribution in [3.05, 3.63) is 58.5 Å². The number of pyridine rings is 1. The van der Waals surface area contributed by atoms with Crippen LogP contribution in [-0.4, -0.2) is 37.0 Å². The molecule has 0 fully saturated rings. The highest BCUT2D eigenvalue weighted by Crippen LogP contribution is 2.14. The van der Waals surface area contributed by atoms with Crippen LogP contribution < -0.4 is 10.3 Å². The van der Waals surface area contributed by atoms with Crippen LogP contribution in [0.4, 0.5) is 0 Å². The largest absolute Gasteiger partial charge is 0.492 e. The molecule has 0 aliphatic rings. The molecule has 1 aromatic carbocycles. The van der Waals surface area contributed by atoms with Crippen LogP contribution in [0.25, 0.3) is 0 Å². The van der Waals surface area contributed by atoms with Gasteiger partial charge in [-0.2, -0.15) is 4.31 Å². The lowest BCUT2D eigenvalue weighted by Gasteiger charge is -2.19. The minimum Gasteiger partial charge on any atom is -0.492 e. The van der Waals surface area contributed by atoms with Crippen molar-refractivity contribution in [3.8, 4) is 5.75 Å². The predicted octanol–water partition coefficient (Wildman–Crippen LogP) is 2.27. The van der Waals surface area contributed by atoms with E-state index in [1.807, 2.05) is 31.2 Å². The van der Waals surface area contributed by atoms with Crippen LogP contribution in [0.3, 0.4) is 0 Å². The summed E-state index contributed by atoms with van der Waals surface area (Å²) < 4.78 is 33.5. The molecule has 0 spiro atoms. The number of hydrogen-bond acceptors (Lipinski definition) is 4. The number of hydrogen-bond donors (Lipinski definition) is 0. The van der Waals surface area contributed by atoms with E-state index in [2.05, 4.69) is 0 Å². The van der Waals surface area contributed by atoms with Crippen LogP contribution in [0.15, 0.2) is 52.3 Å². The van der Waals surface area contributed by atoms with Gasteiger partial charge < -0.3 is 9.30 Å². The van der Waals surface area contributed by atoms with E-state index >= 15 is 0 Å². The molecule has 136 valence electrons. The van der Waals surface area contributed by atoms with Gasteiger partial charge in [-0.25, -0.2) is 8.42 Å². The second-order valence-corrected chi connectivity index (χ2v) is 7.59. The molecule has 0 N–H and O–H groups in total. The summed E-state index contributed by atoms with van der Waals surface area (Å²) in [4.78, 5) is 12.1. The fraction of sp³-hybridized carbons (Fsp3) is 0.389. The highest BCUT2D eigenvalue weighted by molar-refractivity contribution is 7.89. The molecular formula is C18H24N2O4S. The van der Waals surface area contributed by atoms with Crippen LogP contribution in [-0.2, 0) is 16.6 Å². The molecule has 0 aliphatic heterocycles. The summed E-state index contributed by atoms with van der Waals surface area (Å²) in [6, 6.07) is 10.3. The summed E-state index contributed by atoms with van der Waals surface area (Å²) in [7, 11) is -3.59. The van der Waals surface area contributed by atoms with E-state index in [1.165, 1.54) is 27.2 Å². The number of sulfonamides is 1. The molecule has 6 nitrogen and oxygen atoms in total. The Hall–Kier alpha value is -2.12. The number of rotatable bonds is 8. The smallest absolute Gasteiger partial charge is 0.250 e. The molecule has 7 heteroatoms. The van der Waals surface area contributed by atoms with E-state index < -0.39 is 10.0 Å². The normalized spacial score (nSPS) is 11.7. The fourth-order valence-electron chi connectivity index (χ4n) is 2.52. The van der Waals surface area contributed by atoms with E-state index in [0.29, 0.717) is 13.1 Å². The third-order valence-electron chi connectivity index (χ3n) is 3.89. The van der Waals surface area contributed by atoms with Crippen molar-refractivity contribution in [2.75, 3.05) is 19.7 Å². The zero-order chi connectivity index (χ0) is 18.4. The second-order valence-electron chi connectivity index (χ2n) is 5.65. The first-order chi connectivity index (χ1) is 11.9. The molecular weight excluding hydrogens is 340 g/mol. The van der Waals surface area contributed by atoms with Gasteiger partial charge >= 0.3 is 0 Å². The first kappa shape index (κ1) is 19.2. The molecule has 0 aliphatic carbocycles. The van der Waals surface area contributed by atoms with Gasteiger partial charge in [0.1, 0.15) is 12.4 Å². The molecule has 0 amide bonds. The van der Waals surface area contributed by atoms with E-state index in [0.717, 1.165) is 11.3 Å². The van der Waals surface area contributed by atoms with Gasteiger partial charge in [0.15, 0.2) is 0 Å². The monoisotopic (exact) mass is 364 g/mol. The summed E-state index contributed by atoms with van der Waals surface area (Å²) in [6.07, 6.45) is 1.38. The van der Waals surface area contributed by atoms with Crippen LogP contribution >= 0.6 is 0 Å². The fourth-order valence-corrected chi connectivity index (χ4v) is 3.99. The summed E-state index contributed by atoms with van der Waals surface area (Å²) in [5.41, 5.74) is 0.827. The Balaban J connectivity index is 2.15. The third-order valence-corrected chi connectivity index (χ3v) is 5.92. The minimum atomic E-state index is -3.59. The van der Waals surface area contributed by atoms with Crippen molar-refractivity contribution >= 4 is 10.0 Å². The van der Waals surface area contributed by atoms with Crippen molar-refractivity contribution in [3.63, 3.8) is 0 Å². The molecule has 25 heavy (non-hydrogen) atoms. The molecule has 0 radical (unpaired) electrons. The molecule has 2 rings (SSSR count). The predicted molar refractivity (Wildman–Crippen MR) is 97.5 cm³/mol.